The van der Waals surface area contributed by atoms with Crippen LogP contribution in [0.3, 0.4) is 0 Å². The van der Waals surface area contributed by atoms with Gasteiger partial charge in [0.1, 0.15) is 5.75 Å². The highest BCUT2D eigenvalue weighted by molar-refractivity contribution is 5.73. The number of benzene rings is 1. The molecule has 1 aromatic carbocycles. The van der Waals surface area contributed by atoms with Gasteiger partial charge in [0.15, 0.2) is 5.76 Å². The first-order valence-corrected chi connectivity index (χ1v) is 6.01. The van der Waals surface area contributed by atoms with E-state index in [0.29, 0.717) is 34.5 Å². The lowest BCUT2D eigenvalue weighted by molar-refractivity contribution is 0.413. The van der Waals surface area contributed by atoms with Gasteiger partial charge in [0.2, 0.25) is 5.82 Å². The molecular formula is C14H13N3O3. The Morgan fingerprint density at radius 2 is 2.10 bits per heavy atom. The zero-order chi connectivity index (χ0) is 14.1. The number of rotatable bonds is 3. The van der Waals surface area contributed by atoms with Crippen molar-refractivity contribution in [3.8, 4) is 28.8 Å². The molecule has 2 heterocycles. The standard InChI is InChI=1S/C14H13N3O3/c1-8-5-6-19-12(8)13-16-14(20-17-13)10-7-9(18-2)3-4-11(10)15/h3-7H,15H2,1-2H3. The second-order valence-electron chi connectivity index (χ2n) is 4.31. The molecule has 3 rings (SSSR count). The number of methoxy groups -OCH3 is 1. The highest BCUT2D eigenvalue weighted by atomic mass is 16.5. The summed E-state index contributed by atoms with van der Waals surface area (Å²) in [6.07, 6.45) is 1.58. The Labute approximate surface area is 115 Å². The zero-order valence-electron chi connectivity index (χ0n) is 11.1. The number of ether oxygens (including phenoxy) is 1. The first kappa shape index (κ1) is 12.3. The van der Waals surface area contributed by atoms with Gasteiger partial charge in [0, 0.05) is 5.69 Å². The van der Waals surface area contributed by atoms with Crippen molar-refractivity contribution in [1.82, 2.24) is 10.1 Å². The van der Waals surface area contributed by atoms with E-state index in [2.05, 4.69) is 10.1 Å². The minimum absolute atomic E-state index is 0.326. The molecule has 102 valence electrons. The van der Waals surface area contributed by atoms with E-state index in [1.807, 2.05) is 13.0 Å². The van der Waals surface area contributed by atoms with Gasteiger partial charge in [-0.25, -0.2) is 0 Å². The molecule has 0 bridgehead atoms. The summed E-state index contributed by atoms with van der Waals surface area (Å²) in [5, 5.41) is 3.92. The Balaban J connectivity index is 2.04. The number of nitrogens with zero attached hydrogens (tertiary/aromatic N) is 2. The number of furan rings is 1. The maximum Gasteiger partial charge on any atom is 0.260 e. The third kappa shape index (κ3) is 2.01. The summed E-state index contributed by atoms with van der Waals surface area (Å²) in [5.41, 5.74) is 8.04. The predicted molar refractivity (Wildman–Crippen MR) is 73.1 cm³/mol. The topological polar surface area (TPSA) is 87.3 Å². The molecule has 0 aliphatic heterocycles. The fourth-order valence-electron chi connectivity index (χ4n) is 1.87. The summed E-state index contributed by atoms with van der Waals surface area (Å²) in [5.74, 6) is 1.97. The van der Waals surface area contributed by atoms with Crippen molar-refractivity contribution < 1.29 is 13.7 Å². The van der Waals surface area contributed by atoms with Gasteiger partial charge in [0.05, 0.1) is 18.9 Å². The lowest BCUT2D eigenvalue weighted by Gasteiger charge is -2.03. The second-order valence-corrected chi connectivity index (χ2v) is 4.31. The number of hydrogen-bond acceptors (Lipinski definition) is 6. The van der Waals surface area contributed by atoms with Crippen molar-refractivity contribution in [2.24, 2.45) is 0 Å². The second kappa shape index (κ2) is 4.73. The maximum absolute atomic E-state index is 5.93. The van der Waals surface area contributed by atoms with Crippen LogP contribution in [-0.4, -0.2) is 17.3 Å². The van der Waals surface area contributed by atoms with E-state index in [1.165, 1.54) is 0 Å². The molecule has 0 amide bonds. The van der Waals surface area contributed by atoms with Crippen LogP contribution in [0, 0.1) is 6.92 Å². The molecule has 0 fully saturated rings. The quantitative estimate of drug-likeness (QED) is 0.737. The molecule has 6 heteroatoms. The molecule has 0 spiro atoms. The number of anilines is 1. The molecule has 2 aromatic heterocycles. The van der Waals surface area contributed by atoms with Crippen molar-refractivity contribution in [1.29, 1.82) is 0 Å². The predicted octanol–water partition coefficient (Wildman–Crippen LogP) is 2.90. The minimum Gasteiger partial charge on any atom is -0.497 e. The van der Waals surface area contributed by atoms with Crippen LogP contribution >= 0.6 is 0 Å². The van der Waals surface area contributed by atoms with Crippen molar-refractivity contribution in [2.45, 2.75) is 6.92 Å². The first-order chi connectivity index (χ1) is 9.69. The fourth-order valence-corrected chi connectivity index (χ4v) is 1.87. The van der Waals surface area contributed by atoms with E-state index in [1.54, 1.807) is 31.6 Å². The number of nitrogens with two attached hydrogens (primary N) is 1. The average molecular weight is 271 g/mol. The SMILES string of the molecule is COc1ccc(N)c(-c2nc(-c3occc3C)no2)c1. The van der Waals surface area contributed by atoms with Crippen LogP contribution in [-0.2, 0) is 0 Å². The third-order valence-electron chi connectivity index (χ3n) is 2.98. The van der Waals surface area contributed by atoms with E-state index in [-0.39, 0.29) is 0 Å². The molecule has 6 nitrogen and oxygen atoms in total. The molecule has 0 saturated carbocycles. The monoisotopic (exact) mass is 271 g/mol. The van der Waals surface area contributed by atoms with Gasteiger partial charge >= 0.3 is 0 Å². The molecular weight excluding hydrogens is 258 g/mol. The molecule has 0 atom stereocenters. The number of aromatic nitrogens is 2. The highest BCUT2D eigenvalue weighted by Crippen LogP contribution is 2.30. The molecule has 20 heavy (non-hydrogen) atoms. The fraction of sp³-hybridized carbons (Fsp3) is 0.143. The molecule has 0 unspecified atom stereocenters. The summed E-state index contributed by atoms with van der Waals surface area (Å²) in [6.45, 7) is 1.91. The van der Waals surface area contributed by atoms with Gasteiger partial charge in [-0.05, 0) is 36.8 Å². The van der Waals surface area contributed by atoms with Crippen LogP contribution < -0.4 is 10.5 Å². The van der Waals surface area contributed by atoms with Crippen molar-refractivity contribution in [3.63, 3.8) is 0 Å². The number of nitrogen functional groups attached to an aromatic ring is 1. The molecule has 0 saturated heterocycles. The number of aryl methyl sites for hydroxylation is 1. The largest absolute Gasteiger partial charge is 0.497 e. The van der Waals surface area contributed by atoms with Crippen molar-refractivity contribution in [3.05, 3.63) is 36.1 Å². The smallest absolute Gasteiger partial charge is 0.260 e. The Hall–Kier alpha value is -2.76. The summed E-state index contributed by atoms with van der Waals surface area (Å²) in [4.78, 5) is 4.31. The molecule has 3 aromatic rings. The van der Waals surface area contributed by atoms with E-state index < -0.39 is 0 Å². The lowest BCUT2D eigenvalue weighted by Crippen LogP contribution is -1.92. The van der Waals surface area contributed by atoms with Crippen LogP contribution in [0.2, 0.25) is 0 Å². The van der Waals surface area contributed by atoms with E-state index in [4.69, 9.17) is 19.4 Å². The zero-order valence-corrected chi connectivity index (χ0v) is 11.1. The van der Waals surface area contributed by atoms with Gasteiger partial charge in [-0.1, -0.05) is 5.16 Å². The summed E-state index contributed by atoms with van der Waals surface area (Å²) in [7, 11) is 1.58. The summed E-state index contributed by atoms with van der Waals surface area (Å²) >= 11 is 0. The Morgan fingerprint density at radius 3 is 2.80 bits per heavy atom. The maximum atomic E-state index is 5.93. The Kier molecular flexibility index (Phi) is 2.90. The summed E-state index contributed by atoms with van der Waals surface area (Å²) < 4.78 is 15.8. The normalized spacial score (nSPS) is 10.7. The van der Waals surface area contributed by atoms with Gasteiger partial charge in [0.25, 0.3) is 5.89 Å². The van der Waals surface area contributed by atoms with Crippen LogP contribution in [0.15, 0.2) is 39.5 Å². The molecule has 0 radical (unpaired) electrons. The van der Waals surface area contributed by atoms with Crippen LogP contribution in [0.25, 0.3) is 23.0 Å². The average Bonchev–Trinajstić information content (AvgIpc) is 3.08. The Morgan fingerprint density at radius 1 is 1.25 bits per heavy atom. The van der Waals surface area contributed by atoms with Crippen molar-refractivity contribution >= 4 is 5.69 Å². The lowest BCUT2D eigenvalue weighted by atomic mass is 10.1. The van der Waals surface area contributed by atoms with Gasteiger partial charge < -0.3 is 19.4 Å². The molecule has 0 aliphatic rings. The van der Waals surface area contributed by atoms with Crippen molar-refractivity contribution in [2.75, 3.05) is 12.8 Å². The third-order valence-corrected chi connectivity index (χ3v) is 2.98. The van der Waals surface area contributed by atoms with Crippen LogP contribution in [0.1, 0.15) is 5.56 Å². The van der Waals surface area contributed by atoms with E-state index >= 15 is 0 Å². The van der Waals surface area contributed by atoms with E-state index in [0.717, 1.165) is 5.56 Å². The summed E-state index contributed by atoms with van der Waals surface area (Å²) in [6, 6.07) is 7.09. The van der Waals surface area contributed by atoms with E-state index in [9.17, 15) is 0 Å². The van der Waals surface area contributed by atoms with Gasteiger partial charge in [-0.3, -0.25) is 0 Å². The minimum atomic E-state index is 0.326. The molecule has 0 aliphatic carbocycles. The van der Waals surface area contributed by atoms with Crippen LogP contribution in [0.4, 0.5) is 5.69 Å². The number of hydrogen-bond donors (Lipinski definition) is 1. The van der Waals surface area contributed by atoms with Gasteiger partial charge in [-0.2, -0.15) is 4.98 Å². The first-order valence-electron chi connectivity index (χ1n) is 6.01. The van der Waals surface area contributed by atoms with Gasteiger partial charge in [-0.15, -0.1) is 0 Å². The van der Waals surface area contributed by atoms with Crippen LogP contribution in [0.5, 0.6) is 5.75 Å². The highest BCUT2D eigenvalue weighted by Gasteiger charge is 2.17. The Bertz CT molecular complexity index is 746. The molecule has 2 N–H and O–H groups in total.